The highest BCUT2D eigenvalue weighted by Crippen LogP contribution is 2.15. The average molecular weight is 367 g/mol. The standard InChI is InChI=1S/C16H16BrFN2O2/c17-13-3-7-15(8-4-13)22-10-9-19-16(21)20-11-12-1-5-14(18)6-2-12/h1-8H,9-11H2,(H2,19,20,21). The zero-order valence-corrected chi connectivity index (χ0v) is 13.4. The summed E-state index contributed by atoms with van der Waals surface area (Å²) in [6, 6.07) is 13.2. The molecule has 0 aliphatic rings. The Morgan fingerprint density at radius 2 is 1.73 bits per heavy atom. The lowest BCUT2D eigenvalue weighted by Gasteiger charge is -2.09. The minimum absolute atomic E-state index is 0.288. The molecule has 0 radical (unpaired) electrons. The first kappa shape index (κ1) is 16.3. The molecule has 0 atom stereocenters. The average Bonchev–Trinajstić information content (AvgIpc) is 2.53. The van der Waals surface area contributed by atoms with Crippen LogP contribution in [0.3, 0.4) is 0 Å². The van der Waals surface area contributed by atoms with Gasteiger partial charge in [0.2, 0.25) is 0 Å². The molecule has 116 valence electrons. The topological polar surface area (TPSA) is 50.4 Å². The Labute approximate surface area is 136 Å². The van der Waals surface area contributed by atoms with E-state index in [1.54, 1.807) is 12.1 Å². The molecule has 4 nitrogen and oxygen atoms in total. The Morgan fingerprint density at radius 3 is 2.41 bits per heavy atom. The van der Waals surface area contributed by atoms with E-state index in [1.807, 2.05) is 24.3 Å². The summed E-state index contributed by atoms with van der Waals surface area (Å²) in [5.41, 5.74) is 0.836. The Morgan fingerprint density at radius 1 is 1.05 bits per heavy atom. The number of benzene rings is 2. The second-order valence-corrected chi connectivity index (χ2v) is 5.45. The van der Waals surface area contributed by atoms with Gasteiger partial charge < -0.3 is 15.4 Å². The number of urea groups is 1. The Kier molecular flexibility index (Phi) is 6.21. The molecule has 0 aliphatic heterocycles. The zero-order chi connectivity index (χ0) is 15.8. The smallest absolute Gasteiger partial charge is 0.315 e. The van der Waals surface area contributed by atoms with E-state index in [0.29, 0.717) is 19.7 Å². The van der Waals surface area contributed by atoms with Crippen molar-refractivity contribution < 1.29 is 13.9 Å². The van der Waals surface area contributed by atoms with Crippen molar-refractivity contribution in [2.24, 2.45) is 0 Å². The maximum Gasteiger partial charge on any atom is 0.315 e. The summed E-state index contributed by atoms with van der Waals surface area (Å²) < 4.78 is 19.2. The van der Waals surface area contributed by atoms with Gasteiger partial charge in [-0.05, 0) is 42.0 Å². The number of rotatable bonds is 6. The number of carbonyl (C=O) groups is 1. The Bertz CT molecular complexity index is 603. The number of amides is 2. The summed E-state index contributed by atoms with van der Waals surface area (Å²) >= 11 is 3.35. The molecule has 22 heavy (non-hydrogen) atoms. The molecule has 2 N–H and O–H groups in total. The minimum atomic E-state index is -0.293. The van der Waals surface area contributed by atoms with Gasteiger partial charge in [-0.2, -0.15) is 0 Å². The van der Waals surface area contributed by atoms with Crippen LogP contribution < -0.4 is 15.4 Å². The number of halogens is 2. The summed E-state index contributed by atoms with van der Waals surface area (Å²) in [6.45, 7) is 1.12. The molecular weight excluding hydrogens is 351 g/mol. The van der Waals surface area contributed by atoms with Crippen LogP contribution in [-0.4, -0.2) is 19.2 Å². The van der Waals surface area contributed by atoms with Gasteiger partial charge in [0.25, 0.3) is 0 Å². The predicted octanol–water partition coefficient (Wildman–Crippen LogP) is 3.47. The molecule has 2 aromatic rings. The fourth-order valence-corrected chi connectivity index (χ4v) is 1.98. The maximum absolute atomic E-state index is 12.7. The first-order valence-electron chi connectivity index (χ1n) is 6.78. The van der Waals surface area contributed by atoms with Gasteiger partial charge in [-0.3, -0.25) is 0 Å². The van der Waals surface area contributed by atoms with Crippen molar-refractivity contribution in [3.8, 4) is 5.75 Å². The van der Waals surface area contributed by atoms with Crippen molar-refractivity contribution in [2.75, 3.05) is 13.2 Å². The third-order valence-corrected chi connectivity index (χ3v) is 3.36. The SMILES string of the molecule is O=C(NCCOc1ccc(Br)cc1)NCc1ccc(F)cc1. The largest absolute Gasteiger partial charge is 0.492 e. The lowest BCUT2D eigenvalue weighted by Crippen LogP contribution is -2.37. The minimum Gasteiger partial charge on any atom is -0.492 e. The lowest BCUT2D eigenvalue weighted by atomic mass is 10.2. The number of carbonyl (C=O) groups excluding carboxylic acids is 1. The van der Waals surface area contributed by atoms with Crippen molar-refractivity contribution in [2.45, 2.75) is 6.54 Å². The van der Waals surface area contributed by atoms with Crippen LogP contribution >= 0.6 is 15.9 Å². The van der Waals surface area contributed by atoms with Gasteiger partial charge in [0, 0.05) is 11.0 Å². The second-order valence-electron chi connectivity index (χ2n) is 4.54. The maximum atomic E-state index is 12.7. The monoisotopic (exact) mass is 366 g/mol. The van der Waals surface area contributed by atoms with Crippen LogP contribution in [0, 0.1) is 5.82 Å². The van der Waals surface area contributed by atoms with Gasteiger partial charge in [-0.25, -0.2) is 9.18 Å². The van der Waals surface area contributed by atoms with E-state index >= 15 is 0 Å². The van der Waals surface area contributed by atoms with Gasteiger partial charge in [0.15, 0.2) is 0 Å². The fourth-order valence-electron chi connectivity index (χ4n) is 1.71. The van der Waals surface area contributed by atoms with E-state index in [0.717, 1.165) is 15.8 Å². The van der Waals surface area contributed by atoms with Crippen molar-refractivity contribution in [3.05, 3.63) is 64.4 Å². The highest BCUT2D eigenvalue weighted by atomic mass is 79.9. The van der Waals surface area contributed by atoms with Gasteiger partial charge in [0.1, 0.15) is 18.2 Å². The molecule has 2 amide bonds. The highest BCUT2D eigenvalue weighted by molar-refractivity contribution is 9.10. The number of ether oxygens (including phenoxy) is 1. The van der Waals surface area contributed by atoms with Crippen molar-refractivity contribution in [1.82, 2.24) is 10.6 Å². The van der Waals surface area contributed by atoms with E-state index in [4.69, 9.17) is 4.74 Å². The third kappa shape index (κ3) is 5.73. The molecule has 2 rings (SSSR count). The van der Waals surface area contributed by atoms with E-state index in [1.165, 1.54) is 12.1 Å². The van der Waals surface area contributed by atoms with Crippen LogP contribution in [0.1, 0.15) is 5.56 Å². The normalized spacial score (nSPS) is 10.1. The van der Waals surface area contributed by atoms with Gasteiger partial charge in [-0.15, -0.1) is 0 Å². The third-order valence-electron chi connectivity index (χ3n) is 2.84. The molecule has 0 saturated carbocycles. The lowest BCUT2D eigenvalue weighted by molar-refractivity contribution is 0.236. The van der Waals surface area contributed by atoms with Gasteiger partial charge in [0.05, 0.1) is 6.54 Å². The van der Waals surface area contributed by atoms with Crippen LogP contribution in [0.5, 0.6) is 5.75 Å². The van der Waals surface area contributed by atoms with Crippen LogP contribution in [0.2, 0.25) is 0 Å². The zero-order valence-electron chi connectivity index (χ0n) is 11.8. The molecule has 2 aromatic carbocycles. The molecule has 0 heterocycles. The van der Waals surface area contributed by atoms with E-state index < -0.39 is 0 Å². The molecule has 0 bridgehead atoms. The summed E-state index contributed by atoms with van der Waals surface area (Å²) in [5.74, 6) is 0.454. The quantitative estimate of drug-likeness (QED) is 0.769. The highest BCUT2D eigenvalue weighted by Gasteiger charge is 2.00. The van der Waals surface area contributed by atoms with Crippen LogP contribution in [0.25, 0.3) is 0 Å². The van der Waals surface area contributed by atoms with Gasteiger partial charge >= 0.3 is 6.03 Å². The van der Waals surface area contributed by atoms with Crippen molar-refractivity contribution in [1.29, 1.82) is 0 Å². The summed E-state index contributed by atoms with van der Waals surface area (Å²) in [7, 11) is 0. The molecule has 0 saturated heterocycles. The van der Waals surface area contributed by atoms with Crippen LogP contribution in [-0.2, 0) is 6.54 Å². The van der Waals surface area contributed by atoms with E-state index in [2.05, 4.69) is 26.6 Å². The van der Waals surface area contributed by atoms with Crippen molar-refractivity contribution in [3.63, 3.8) is 0 Å². The second kappa shape index (κ2) is 8.38. The Balaban J connectivity index is 1.61. The summed E-state index contributed by atoms with van der Waals surface area (Å²) in [5, 5.41) is 5.38. The summed E-state index contributed by atoms with van der Waals surface area (Å²) in [6.07, 6.45) is 0. The van der Waals surface area contributed by atoms with Crippen LogP contribution in [0.15, 0.2) is 53.0 Å². The number of hydrogen-bond acceptors (Lipinski definition) is 2. The molecule has 0 fully saturated rings. The van der Waals surface area contributed by atoms with Crippen LogP contribution in [0.4, 0.5) is 9.18 Å². The molecule has 0 aromatic heterocycles. The molecule has 0 aliphatic carbocycles. The first-order chi connectivity index (χ1) is 10.6. The van der Waals surface area contributed by atoms with Crippen molar-refractivity contribution >= 4 is 22.0 Å². The molecular formula is C16H16BrFN2O2. The molecule has 6 heteroatoms. The Hall–Kier alpha value is -2.08. The number of hydrogen-bond donors (Lipinski definition) is 2. The molecule has 0 spiro atoms. The molecule has 0 unspecified atom stereocenters. The van der Waals surface area contributed by atoms with E-state index in [-0.39, 0.29) is 11.8 Å². The van der Waals surface area contributed by atoms with E-state index in [9.17, 15) is 9.18 Å². The predicted molar refractivity (Wildman–Crippen MR) is 86.3 cm³/mol. The number of nitrogens with one attached hydrogen (secondary N) is 2. The van der Waals surface area contributed by atoms with Gasteiger partial charge in [-0.1, -0.05) is 28.1 Å². The first-order valence-corrected chi connectivity index (χ1v) is 7.57. The summed E-state index contributed by atoms with van der Waals surface area (Å²) in [4.78, 5) is 11.6. The fraction of sp³-hybridized carbons (Fsp3) is 0.188.